The van der Waals surface area contributed by atoms with Gasteiger partial charge in [0.1, 0.15) is 6.42 Å². The third-order valence-electron chi connectivity index (χ3n) is 3.75. The molecule has 2 aromatic rings. The van der Waals surface area contributed by atoms with E-state index in [9.17, 15) is 14.4 Å². The van der Waals surface area contributed by atoms with E-state index in [2.05, 4.69) is 10.6 Å². The fourth-order valence-corrected chi connectivity index (χ4v) is 2.38. The minimum absolute atomic E-state index is 0.239. The van der Waals surface area contributed by atoms with Gasteiger partial charge in [0.05, 0.1) is 17.9 Å². The number of amides is 2. The van der Waals surface area contributed by atoms with Gasteiger partial charge in [-0.1, -0.05) is 36.4 Å². The first kappa shape index (κ1) is 19.2. The number of hydrogen-bond acceptors (Lipinski definition) is 4. The quantitative estimate of drug-likeness (QED) is 0.591. The molecule has 0 radical (unpaired) electrons. The molecule has 0 aliphatic rings. The largest absolute Gasteiger partial charge is 0.462 e. The summed E-state index contributed by atoms with van der Waals surface area (Å²) in [7, 11) is 0. The number of para-hydroxylation sites is 1. The molecule has 2 N–H and O–H groups in total. The fourth-order valence-electron chi connectivity index (χ4n) is 2.38. The second-order valence-electron chi connectivity index (χ2n) is 5.69. The van der Waals surface area contributed by atoms with Crippen molar-refractivity contribution in [1.29, 1.82) is 0 Å². The van der Waals surface area contributed by atoms with Crippen molar-refractivity contribution >= 4 is 23.5 Å². The average molecular weight is 354 g/mol. The first-order valence-corrected chi connectivity index (χ1v) is 8.38. The molecule has 0 unspecified atom stereocenters. The van der Waals surface area contributed by atoms with Gasteiger partial charge >= 0.3 is 5.97 Å². The highest BCUT2D eigenvalue weighted by Gasteiger charge is 2.15. The molecular weight excluding hydrogens is 332 g/mol. The second-order valence-corrected chi connectivity index (χ2v) is 5.69. The van der Waals surface area contributed by atoms with Crippen molar-refractivity contribution in [2.75, 3.05) is 11.9 Å². The van der Waals surface area contributed by atoms with Crippen molar-refractivity contribution in [3.63, 3.8) is 0 Å². The molecule has 0 bridgehead atoms. The minimum Gasteiger partial charge on any atom is -0.462 e. The monoisotopic (exact) mass is 354 g/mol. The average Bonchev–Trinajstić information content (AvgIpc) is 2.61. The molecule has 0 heterocycles. The van der Waals surface area contributed by atoms with Gasteiger partial charge in [-0.2, -0.15) is 0 Å². The smallest absolute Gasteiger partial charge is 0.340 e. The van der Waals surface area contributed by atoms with E-state index >= 15 is 0 Å². The lowest BCUT2D eigenvalue weighted by atomic mass is 10.1. The summed E-state index contributed by atoms with van der Waals surface area (Å²) < 4.78 is 4.96. The number of ether oxygens (including phenoxy) is 1. The van der Waals surface area contributed by atoms with Gasteiger partial charge in [-0.3, -0.25) is 9.59 Å². The van der Waals surface area contributed by atoms with Crippen molar-refractivity contribution in [3.05, 3.63) is 65.2 Å². The fraction of sp³-hybridized carbons (Fsp3) is 0.250. The van der Waals surface area contributed by atoms with Gasteiger partial charge < -0.3 is 15.4 Å². The Hall–Kier alpha value is -3.15. The minimum atomic E-state index is -0.521. The van der Waals surface area contributed by atoms with Crippen LogP contribution in [0.4, 0.5) is 5.69 Å². The molecule has 136 valence electrons. The Morgan fingerprint density at radius 1 is 0.962 bits per heavy atom. The second kappa shape index (κ2) is 9.36. The molecule has 0 atom stereocenters. The highest BCUT2D eigenvalue weighted by molar-refractivity contribution is 6.06. The number of esters is 1. The summed E-state index contributed by atoms with van der Waals surface area (Å²) >= 11 is 0. The molecule has 2 amide bonds. The molecule has 2 rings (SSSR count). The van der Waals surface area contributed by atoms with Crippen LogP contribution >= 0.6 is 0 Å². The normalized spacial score (nSPS) is 10.1. The van der Waals surface area contributed by atoms with Crippen molar-refractivity contribution in [2.45, 2.75) is 26.8 Å². The molecule has 0 aromatic heterocycles. The number of rotatable bonds is 7. The zero-order chi connectivity index (χ0) is 18.9. The Labute approximate surface area is 152 Å². The molecule has 2 aromatic carbocycles. The lowest BCUT2D eigenvalue weighted by Crippen LogP contribution is -2.28. The Bertz CT molecular complexity index is 802. The van der Waals surface area contributed by atoms with E-state index in [0.717, 1.165) is 11.1 Å². The number of hydrogen-bond donors (Lipinski definition) is 2. The van der Waals surface area contributed by atoms with E-state index in [-0.39, 0.29) is 24.5 Å². The van der Waals surface area contributed by atoms with Crippen LogP contribution in [0.1, 0.15) is 34.8 Å². The van der Waals surface area contributed by atoms with Crippen molar-refractivity contribution in [2.24, 2.45) is 0 Å². The third-order valence-corrected chi connectivity index (χ3v) is 3.75. The summed E-state index contributed by atoms with van der Waals surface area (Å²) in [4.78, 5) is 36.0. The molecule has 0 saturated heterocycles. The summed E-state index contributed by atoms with van der Waals surface area (Å²) in [5.74, 6) is -1.41. The zero-order valence-electron chi connectivity index (χ0n) is 14.9. The summed E-state index contributed by atoms with van der Waals surface area (Å²) in [6.07, 6.45) is -0.330. The van der Waals surface area contributed by atoms with Crippen LogP contribution in [0.3, 0.4) is 0 Å². The molecule has 6 nitrogen and oxygen atoms in total. The number of nitrogens with one attached hydrogen (secondary N) is 2. The number of anilines is 1. The summed E-state index contributed by atoms with van der Waals surface area (Å²) in [6, 6.07) is 14.2. The van der Waals surface area contributed by atoms with E-state index in [1.807, 2.05) is 31.2 Å². The van der Waals surface area contributed by atoms with E-state index in [1.54, 1.807) is 31.2 Å². The van der Waals surface area contributed by atoms with Gasteiger partial charge in [0.2, 0.25) is 11.8 Å². The predicted octanol–water partition coefficient (Wildman–Crippen LogP) is 2.82. The van der Waals surface area contributed by atoms with Gasteiger partial charge in [-0.15, -0.1) is 0 Å². The molecule has 0 aliphatic carbocycles. The van der Waals surface area contributed by atoms with E-state index in [0.29, 0.717) is 12.2 Å². The van der Waals surface area contributed by atoms with Gasteiger partial charge in [-0.05, 0) is 37.1 Å². The predicted molar refractivity (Wildman–Crippen MR) is 98.7 cm³/mol. The highest BCUT2D eigenvalue weighted by atomic mass is 16.5. The SMILES string of the molecule is CCOC(=O)c1ccccc1NC(=O)CC(=O)NCc1ccccc1C. The number of carbonyl (C=O) groups excluding carboxylic acids is 3. The first-order chi connectivity index (χ1) is 12.5. The molecule has 6 heteroatoms. The summed E-state index contributed by atoms with van der Waals surface area (Å²) in [5, 5.41) is 5.31. The van der Waals surface area contributed by atoms with Crippen LogP contribution in [-0.4, -0.2) is 24.4 Å². The van der Waals surface area contributed by atoms with Crippen LogP contribution in [-0.2, 0) is 20.9 Å². The lowest BCUT2D eigenvalue weighted by Gasteiger charge is -2.11. The topological polar surface area (TPSA) is 84.5 Å². The summed E-state index contributed by atoms with van der Waals surface area (Å²) in [5.41, 5.74) is 2.64. The molecule has 0 aliphatic heterocycles. The Morgan fingerprint density at radius 3 is 2.38 bits per heavy atom. The first-order valence-electron chi connectivity index (χ1n) is 8.38. The Balaban J connectivity index is 1.91. The van der Waals surface area contributed by atoms with Crippen molar-refractivity contribution < 1.29 is 19.1 Å². The van der Waals surface area contributed by atoms with Crippen molar-refractivity contribution in [3.8, 4) is 0 Å². The number of benzene rings is 2. The summed E-state index contributed by atoms with van der Waals surface area (Å²) in [6.45, 7) is 4.26. The van der Waals surface area contributed by atoms with Crippen molar-refractivity contribution in [1.82, 2.24) is 5.32 Å². The standard InChI is InChI=1S/C20H22N2O4/c1-3-26-20(25)16-10-6-7-11-17(16)22-19(24)12-18(23)21-13-15-9-5-4-8-14(15)2/h4-11H,3,12-13H2,1-2H3,(H,21,23)(H,22,24). The van der Waals surface area contributed by atoms with Crippen LogP contribution in [0, 0.1) is 6.92 Å². The zero-order valence-corrected chi connectivity index (χ0v) is 14.9. The van der Waals surface area contributed by atoms with Crippen LogP contribution < -0.4 is 10.6 Å². The van der Waals surface area contributed by atoms with E-state index in [1.165, 1.54) is 0 Å². The van der Waals surface area contributed by atoms with Crippen LogP contribution in [0.15, 0.2) is 48.5 Å². The molecular formula is C20H22N2O4. The molecule has 0 saturated carbocycles. The lowest BCUT2D eigenvalue weighted by molar-refractivity contribution is -0.126. The number of aryl methyl sites for hydroxylation is 1. The Morgan fingerprint density at radius 2 is 1.65 bits per heavy atom. The van der Waals surface area contributed by atoms with Gasteiger partial charge in [0.15, 0.2) is 0 Å². The molecule has 0 fully saturated rings. The van der Waals surface area contributed by atoms with E-state index in [4.69, 9.17) is 4.74 Å². The number of carbonyl (C=O) groups is 3. The third kappa shape index (κ3) is 5.44. The maximum Gasteiger partial charge on any atom is 0.340 e. The molecule has 26 heavy (non-hydrogen) atoms. The molecule has 0 spiro atoms. The highest BCUT2D eigenvalue weighted by Crippen LogP contribution is 2.16. The van der Waals surface area contributed by atoms with Crippen LogP contribution in [0.5, 0.6) is 0 Å². The maximum atomic E-state index is 12.1. The van der Waals surface area contributed by atoms with Gasteiger partial charge in [0, 0.05) is 6.54 Å². The van der Waals surface area contributed by atoms with Gasteiger partial charge in [0.25, 0.3) is 0 Å². The van der Waals surface area contributed by atoms with Crippen LogP contribution in [0.25, 0.3) is 0 Å². The van der Waals surface area contributed by atoms with Gasteiger partial charge in [-0.25, -0.2) is 4.79 Å². The van der Waals surface area contributed by atoms with E-state index < -0.39 is 11.9 Å². The van der Waals surface area contributed by atoms with Crippen LogP contribution in [0.2, 0.25) is 0 Å². The Kier molecular flexibility index (Phi) is 6.91. The maximum absolute atomic E-state index is 12.1.